The van der Waals surface area contributed by atoms with Crippen LogP contribution in [0.2, 0.25) is 0 Å². The van der Waals surface area contributed by atoms with Crippen LogP contribution in [0.25, 0.3) is 0 Å². The van der Waals surface area contributed by atoms with Crippen LogP contribution in [-0.2, 0) is 14.4 Å². The fourth-order valence-corrected chi connectivity index (χ4v) is 2.19. The lowest BCUT2D eigenvalue weighted by Crippen LogP contribution is -2.45. The zero-order valence-electron chi connectivity index (χ0n) is 11.3. The number of aliphatic carboxylic acids is 1. The third kappa shape index (κ3) is 3.81. The maximum absolute atomic E-state index is 12.3. The molecule has 0 aromatic heterocycles. The molecule has 0 aromatic rings. The second-order valence-corrected chi connectivity index (χ2v) is 4.52. The molecule has 0 fully saturated rings. The van der Waals surface area contributed by atoms with E-state index in [1.165, 1.54) is 11.9 Å². The smallest absolute Gasteiger partial charge is 0.307 e. The van der Waals surface area contributed by atoms with Gasteiger partial charge in [0.25, 0.3) is 0 Å². The van der Waals surface area contributed by atoms with Crippen molar-refractivity contribution in [2.24, 2.45) is 11.8 Å². The average Bonchev–Trinajstić information content (AvgIpc) is 2.43. The van der Waals surface area contributed by atoms with Crippen molar-refractivity contribution in [2.75, 3.05) is 20.1 Å². The van der Waals surface area contributed by atoms with E-state index in [9.17, 15) is 14.4 Å². The third-order valence-corrected chi connectivity index (χ3v) is 3.37. The molecule has 0 radical (unpaired) electrons. The van der Waals surface area contributed by atoms with Crippen molar-refractivity contribution in [3.05, 3.63) is 12.2 Å². The number of hydrogen-bond acceptors (Lipinski definition) is 3. The lowest BCUT2D eigenvalue weighted by atomic mass is 9.82. The Morgan fingerprint density at radius 1 is 1.26 bits per heavy atom. The first-order chi connectivity index (χ1) is 9.01. The minimum absolute atomic E-state index is 0.0294. The molecular formula is C13H20N2O4. The Morgan fingerprint density at radius 2 is 1.84 bits per heavy atom. The van der Waals surface area contributed by atoms with Crippen LogP contribution in [0.3, 0.4) is 0 Å². The Bertz CT molecular complexity index is 392. The topological polar surface area (TPSA) is 86.7 Å². The van der Waals surface area contributed by atoms with E-state index >= 15 is 0 Å². The van der Waals surface area contributed by atoms with Crippen LogP contribution in [0.1, 0.15) is 19.8 Å². The SMILES string of the molecule is CCN(CC(=O)NC)C(=O)[C@@H]1CC=CC[C@@H]1C(=O)O. The zero-order valence-corrected chi connectivity index (χ0v) is 11.3. The van der Waals surface area contributed by atoms with E-state index in [0.29, 0.717) is 19.4 Å². The molecule has 0 aliphatic heterocycles. The molecule has 6 heteroatoms. The van der Waals surface area contributed by atoms with Crippen molar-refractivity contribution < 1.29 is 19.5 Å². The van der Waals surface area contributed by atoms with Gasteiger partial charge in [-0.3, -0.25) is 14.4 Å². The number of nitrogens with zero attached hydrogens (tertiary/aromatic N) is 1. The number of rotatable bonds is 5. The lowest BCUT2D eigenvalue weighted by Gasteiger charge is -2.29. The van der Waals surface area contributed by atoms with Gasteiger partial charge in [0.05, 0.1) is 18.4 Å². The quantitative estimate of drug-likeness (QED) is 0.700. The second kappa shape index (κ2) is 6.92. The number of carboxylic acids is 1. The summed E-state index contributed by atoms with van der Waals surface area (Å²) < 4.78 is 0. The van der Waals surface area contributed by atoms with E-state index in [-0.39, 0.29) is 18.4 Å². The van der Waals surface area contributed by atoms with Crippen LogP contribution in [0.15, 0.2) is 12.2 Å². The summed E-state index contributed by atoms with van der Waals surface area (Å²) in [5, 5.41) is 11.6. The lowest BCUT2D eigenvalue weighted by molar-refractivity contribution is -0.151. The van der Waals surface area contributed by atoms with Crippen LogP contribution >= 0.6 is 0 Å². The van der Waals surface area contributed by atoms with Gasteiger partial charge in [0, 0.05) is 13.6 Å². The highest BCUT2D eigenvalue weighted by Crippen LogP contribution is 2.27. The predicted molar refractivity (Wildman–Crippen MR) is 69.3 cm³/mol. The Morgan fingerprint density at radius 3 is 2.32 bits per heavy atom. The van der Waals surface area contributed by atoms with Gasteiger partial charge in [-0.05, 0) is 19.8 Å². The largest absolute Gasteiger partial charge is 0.481 e. The van der Waals surface area contributed by atoms with Crippen LogP contribution in [0.4, 0.5) is 0 Å². The summed E-state index contributed by atoms with van der Waals surface area (Å²) in [6.45, 7) is 2.13. The molecule has 2 amide bonds. The molecule has 0 bridgehead atoms. The van der Waals surface area contributed by atoms with E-state index in [1.54, 1.807) is 13.0 Å². The third-order valence-electron chi connectivity index (χ3n) is 3.37. The maximum atomic E-state index is 12.3. The first-order valence-corrected chi connectivity index (χ1v) is 6.38. The standard InChI is InChI=1S/C13H20N2O4/c1-3-15(8-11(16)14-2)12(17)9-6-4-5-7-10(9)13(18)19/h4-5,9-10H,3,6-8H2,1-2H3,(H,14,16)(H,18,19)/t9-,10+/m1/s1. The fourth-order valence-electron chi connectivity index (χ4n) is 2.19. The minimum atomic E-state index is -0.960. The van der Waals surface area contributed by atoms with Crippen molar-refractivity contribution >= 4 is 17.8 Å². The summed E-state index contributed by atoms with van der Waals surface area (Å²) in [7, 11) is 1.50. The van der Waals surface area contributed by atoms with Crippen LogP contribution < -0.4 is 5.32 Å². The summed E-state index contributed by atoms with van der Waals surface area (Å²) in [6.07, 6.45) is 4.40. The van der Waals surface area contributed by atoms with E-state index in [0.717, 1.165) is 0 Å². The highest BCUT2D eigenvalue weighted by Gasteiger charge is 2.36. The van der Waals surface area contributed by atoms with E-state index in [1.807, 2.05) is 6.08 Å². The van der Waals surface area contributed by atoms with Gasteiger partial charge in [0.1, 0.15) is 0 Å². The number of carbonyl (C=O) groups is 3. The van der Waals surface area contributed by atoms with Gasteiger partial charge in [-0.1, -0.05) is 12.2 Å². The summed E-state index contributed by atoms with van der Waals surface area (Å²) >= 11 is 0. The van der Waals surface area contributed by atoms with Crippen molar-refractivity contribution in [3.63, 3.8) is 0 Å². The van der Waals surface area contributed by atoms with E-state index in [4.69, 9.17) is 5.11 Å². The fraction of sp³-hybridized carbons (Fsp3) is 0.615. The molecule has 1 aliphatic carbocycles. The van der Waals surface area contributed by atoms with Gasteiger partial charge in [-0.2, -0.15) is 0 Å². The number of carbonyl (C=O) groups excluding carboxylic acids is 2. The van der Waals surface area contributed by atoms with Crippen molar-refractivity contribution in [2.45, 2.75) is 19.8 Å². The Labute approximate surface area is 112 Å². The van der Waals surface area contributed by atoms with Crippen molar-refractivity contribution in [1.82, 2.24) is 10.2 Å². The number of nitrogens with one attached hydrogen (secondary N) is 1. The molecule has 2 atom stereocenters. The molecule has 19 heavy (non-hydrogen) atoms. The van der Waals surface area contributed by atoms with Crippen LogP contribution in [0, 0.1) is 11.8 Å². The van der Waals surface area contributed by atoms with Crippen LogP contribution in [0.5, 0.6) is 0 Å². The Hall–Kier alpha value is -1.85. The van der Waals surface area contributed by atoms with Gasteiger partial charge in [0.15, 0.2) is 0 Å². The molecule has 0 unspecified atom stereocenters. The van der Waals surface area contributed by atoms with Gasteiger partial charge in [-0.25, -0.2) is 0 Å². The van der Waals surface area contributed by atoms with Crippen molar-refractivity contribution in [3.8, 4) is 0 Å². The highest BCUT2D eigenvalue weighted by molar-refractivity contribution is 5.88. The number of amides is 2. The summed E-state index contributed by atoms with van der Waals surface area (Å²) in [5.74, 6) is -2.75. The second-order valence-electron chi connectivity index (χ2n) is 4.52. The van der Waals surface area contributed by atoms with Gasteiger partial charge >= 0.3 is 5.97 Å². The Kier molecular flexibility index (Phi) is 5.54. The molecule has 2 N–H and O–H groups in total. The monoisotopic (exact) mass is 268 g/mol. The molecule has 0 saturated carbocycles. The number of allylic oxidation sites excluding steroid dienone is 2. The number of carboxylic acid groups (broad SMARTS) is 1. The molecule has 1 aliphatic rings. The molecular weight excluding hydrogens is 248 g/mol. The zero-order chi connectivity index (χ0) is 14.4. The number of hydrogen-bond donors (Lipinski definition) is 2. The molecule has 0 spiro atoms. The van der Waals surface area contributed by atoms with Crippen molar-refractivity contribution in [1.29, 1.82) is 0 Å². The van der Waals surface area contributed by atoms with E-state index in [2.05, 4.69) is 5.32 Å². The van der Waals surface area contributed by atoms with Gasteiger partial charge in [0.2, 0.25) is 11.8 Å². The average molecular weight is 268 g/mol. The number of likely N-dealkylation sites (N-methyl/N-ethyl adjacent to an activating group) is 2. The van der Waals surface area contributed by atoms with E-state index < -0.39 is 17.8 Å². The molecule has 6 nitrogen and oxygen atoms in total. The highest BCUT2D eigenvalue weighted by atomic mass is 16.4. The molecule has 106 valence electrons. The molecule has 0 saturated heterocycles. The molecule has 1 rings (SSSR count). The Balaban J connectivity index is 2.80. The molecule has 0 aromatic carbocycles. The van der Waals surface area contributed by atoms with Crippen LogP contribution in [-0.4, -0.2) is 47.9 Å². The predicted octanol–water partition coefficient (Wildman–Crippen LogP) is 0.248. The molecule has 0 heterocycles. The first kappa shape index (κ1) is 15.2. The normalized spacial score (nSPS) is 21.8. The summed E-state index contributed by atoms with van der Waals surface area (Å²) in [4.78, 5) is 36.3. The van der Waals surface area contributed by atoms with Gasteiger partial charge in [-0.15, -0.1) is 0 Å². The minimum Gasteiger partial charge on any atom is -0.481 e. The summed E-state index contributed by atoms with van der Waals surface area (Å²) in [5.41, 5.74) is 0. The maximum Gasteiger partial charge on any atom is 0.307 e. The first-order valence-electron chi connectivity index (χ1n) is 6.38. The summed E-state index contributed by atoms with van der Waals surface area (Å²) in [6, 6.07) is 0. The van der Waals surface area contributed by atoms with Gasteiger partial charge < -0.3 is 15.3 Å².